The number of Topliss-reactive ketones (excluding diaryl/α,β-unsaturated/α-hetero) is 1. The Morgan fingerprint density at radius 1 is 1.39 bits per heavy atom. The first kappa shape index (κ1) is 15.1. The zero-order valence-electron chi connectivity index (χ0n) is 11.4. The molecule has 102 valence electrons. The third kappa shape index (κ3) is 3.52. The van der Waals surface area contributed by atoms with Gasteiger partial charge >= 0.3 is 5.97 Å². The number of carboxylic acid groups (broad SMARTS) is 1. The minimum absolute atomic E-state index is 0.0754. The smallest absolute Gasteiger partial charge is 0.307 e. The van der Waals surface area contributed by atoms with Crippen LogP contribution < -0.4 is 0 Å². The molecule has 0 saturated heterocycles. The lowest BCUT2D eigenvalue weighted by Gasteiger charge is -2.30. The van der Waals surface area contributed by atoms with Crippen LogP contribution in [0, 0.1) is 0 Å². The van der Waals surface area contributed by atoms with E-state index in [4.69, 9.17) is 9.53 Å². The minimum atomic E-state index is -1.73. The van der Waals surface area contributed by atoms with Crippen LogP contribution in [0.5, 0.6) is 0 Å². The molecule has 1 N–H and O–H groups in total. The fraction of sp³-hybridized carbons (Fsp3) is 0.692. The first-order valence-electron chi connectivity index (χ1n) is 6.59. The van der Waals surface area contributed by atoms with Crippen LogP contribution in [-0.2, 0) is 14.0 Å². The van der Waals surface area contributed by atoms with Crippen molar-refractivity contribution in [1.82, 2.24) is 0 Å². The Bertz CT molecular complexity index is 350. The summed E-state index contributed by atoms with van der Waals surface area (Å²) in [5.74, 6) is -1.03. The Labute approximate surface area is 109 Å². The highest BCUT2D eigenvalue weighted by Gasteiger charge is 2.35. The van der Waals surface area contributed by atoms with Crippen molar-refractivity contribution in [3.63, 3.8) is 0 Å². The molecule has 0 radical (unpaired) electrons. The standard InChI is InChI=1S/C13H22O4Si/c1-4-18(5-2,6-3)17-11-7-10(8-13(15)16)12(14)9-11/h7,11H,4-6,8-9H2,1-3H3,(H,15,16)/t11-/m0/s1. The molecule has 0 spiro atoms. The van der Waals surface area contributed by atoms with Crippen molar-refractivity contribution in [2.75, 3.05) is 0 Å². The van der Waals surface area contributed by atoms with Crippen LogP contribution in [0.1, 0.15) is 33.6 Å². The number of ketones is 1. The second-order valence-corrected chi connectivity index (χ2v) is 9.51. The lowest BCUT2D eigenvalue weighted by Crippen LogP contribution is -2.39. The van der Waals surface area contributed by atoms with Gasteiger partial charge in [-0.15, -0.1) is 0 Å². The fourth-order valence-electron chi connectivity index (χ4n) is 2.41. The molecule has 1 aliphatic rings. The summed E-state index contributed by atoms with van der Waals surface area (Å²) < 4.78 is 6.18. The van der Waals surface area contributed by atoms with E-state index >= 15 is 0 Å². The molecule has 18 heavy (non-hydrogen) atoms. The van der Waals surface area contributed by atoms with Crippen molar-refractivity contribution < 1.29 is 19.1 Å². The summed E-state index contributed by atoms with van der Waals surface area (Å²) in [5.41, 5.74) is 0.402. The Balaban J connectivity index is 2.72. The number of carbonyl (C=O) groups excluding carboxylic acids is 1. The van der Waals surface area contributed by atoms with E-state index in [-0.39, 0.29) is 18.3 Å². The quantitative estimate of drug-likeness (QED) is 0.722. The van der Waals surface area contributed by atoms with Gasteiger partial charge in [-0.05, 0) is 24.2 Å². The van der Waals surface area contributed by atoms with Crippen LogP contribution in [0.4, 0.5) is 0 Å². The highest BCUT2D eigenvalue weighted by Crippen LogP contribution is 2.29. The molecule has 0 saturated carbocycles. The Hall–Kier alpha value is -0.943. The summed E-state index contributed by atoms with van der Waals surface area (Å²) in [7, 11) is -1.73. The molecule has 5 heteroatoms. The summed E-state index contributed by atoms with van der Waals surface area (Å²) in [6.45, 7) is 6.41. The molecule has 0 unspecified atom stereocenters. The number of carbonyl (C=O) groups is 2. The van der Waals surface area contributed by atoms with Gasteiger partial charge in [0.1, 0.15) is 0 Å². The predicted octanol–water partition coefficient (Wildman–Crippen LogP) is 2.75. The van der Waals surface area contributed by atoms with Crippen LogP contribution in [0.2, 0.25) is 18.1 Å². The van der Waals surface area contributed by atoms with E-state index in [1.807, 2.05) is 0 Å². The first-order valence-corrected chi connectivity index (χ1v) is 9.12. The van der Waals surface area contributed by atoms with E-state index < -0.39 is 14.3 Å². The van der Waals surface area contributed by atoms with Crippen LogP contribution in [0.25, 0.3) is 0 Å². The maximum Gasteiger partial charge on any atom is 0.307 e. The molecule has 0 aliphatic heterocycles. The predicted molar refractivity (Wildman–Crippen MR) is 72.0 cm³/mol. The molecule has 0 aromatic carbocycles. The number of hydrogen-bond acceptors (Lipinski definition) is 3. The molecule has 0 aromatic heterocycles. The van der Waals surface area contributed by atoms with Gasteiger partial charge in [0.15, 0.2) is 14.1 Å². The lowest BCUT2D eigenvalue weighted by atomic mass is 10.1. The average Bonchev–Trinajstić information content (AvgIpc) is 2.66. The van der Waals surface area contributed by atoms with Crippen molar-refractivity contribution in [3.8, 4) is 0 Å². The van der Waals surface area contributed by atoms with Gasteiger partial charge in [0.25, 0.3) is 0 Å². The molecule has 0 fully saturated rings. The number of aliphatic carboxylic acids is 1. The SMILES string of the molecule is CC[Si](CC)(CC)O[C@H]1C=C(CC(=O)O)C(=O)C1. The van der Waals surface area contributed by atoms with Gasteiger partial charge in [0.2, 0.25) is 0 Å². The van der Waals surface area contributed by atoms with E-state index in [0.29, 0.717) is 12.0 Å². The molecule has 1 rings (SSSR count). The normalized spacial score (nSPS) is 20.1. The largest absolute Gasteiger partial charge is 0.481 e. The van der Waals surface area contributed by atoms with Gasteiger partial charge in [0, 0.05) is 12.0 Å². The molecule has 0 bridgehead atoms. The lowest BCUT2D eigenvalue weighted by molar-refractivity contribution is -0.136. The average molecular weight is 270 g/mol. The molecular formula is C13H22O4Si. The van der Waals surface area contributed by atoms with Crippen molar-refractivity contribution in [1.29, 1.82) is 0 Å². The zero-order valence-corrected chi connectivity index (χ0v) is 12.4. The molecule has 0 heterocycles. The van der Waals surface area contributed by atoms with E-state index in [2.05, 4.69) is 20.8 Å². The highest BCUT2D eigenvalue weighted by molar-refractivity contribution is 6.73. The number of hydrogen-bond donors (Lipinski definition) is 1. The monoisotopic (exact) mass is 270 g/mol. The second kappa shape index (κ2) is 6.29. The van der Waals surface area contributed by atoms with Gasteiger partial charge in [-0.2, -0.15) is 0 Å². The van der Waals surface area contributed by atoms with Crippen molar-refractivity contribution in [2.45, 2.75) is 57.8 Å². The van der Waals surface area contributed by atoms with Crippen molar-refractivity contribution in [3.05, 3.63) is 11.6 Å². The topological polar surface area (TPSA) is 63.6 Å². The number of carboxylic acids is 1. The van der Waals surface area contributed by atoms with Gasteiger partial charge in [0.05, 0.1) is 12.5 Å². The van der Waals surface area contributed by atoms with Crippen LogP contribution in [-0.4, -0.2) is 31.3 Å². The first-order chi connectivity index (χ1) is 8.46. The molecule has 0 amide bonds. The molecule has 4 nitrogen and oxygen atoms in total. The summed E-state index contributed by atoms with van der Waals surface area (Å²) in [6, 6.07) is 3.10. The second-order valence-electron chi connectivity index (χ2n) is 4.79. The van der Waals surface area contributed by atoms with Gasteiger partial charge in [-0.25, -0.2) is 0 Å². The van der Waals surface area contributed by atoms with E-state index in [1.165, 1.54) is 0 Å². The third-order valence-electron chi connectivity index (χ3n) is 3.81. The van der Waals surface area contributed by atoms with Gasteiger partial charge < -0.3 is 9.53 Å². The molecule has 1 atom stereocenters. The maximum atomic E-state index is 11.7. The van der Waals surface area contributed by atoms with Crippen molar-refractivity contribution >= 4 is 20.1 Å². The fourth-order valence-corrected chi connectivity index (χ4v) is 5.20. The molecular weight excluding hydrogens is 248 g/mol. The highest BCUT2D eigenvalue weighted by atomic mass is 28.4. The van der Waals surface area contributed by atoms with Crippen molar-refractivity contribution in [2.24, 2.45) is 0 Å². The summed E-state index contributed by atoms with van der Waals surface area (Å²) >= 11 is 0. The summed E-state index contributed by atoms with van der Waals surface area (Å²) in [6.07, 6.45) is 1.66. The number of rotatable bonds is 7. The van der Waals surface area contributed by atoms with Crippen LogP contribution >= 0.6 is 0 Å². The minimum Gasteiger partial charge on any atom is -0.481 e. The van der Waals surface area contributed by atoms with E-state index in [1.54, 1.807) is 6.08 Å². The molecule has 0 aromatic rings. The third-order valence-corrected chi connectivity index (χ3v) is 8.48. The van der Waals surface area contributed by atoms with Gasteiger partial charge in [-0.1, -0.05) is 20.8 Å². The molecule has 1 aliphatic carbocycles. The summed E-state index contributed by atoms with van der Waals surface area (Å²) in [4.78, 5) is 22.3. The van der Waals surface area contributed by atoms with E-state index in [0.717, 1.165) is 18.1 Å². The maximum absolute atomic E-state index is 11.7. The zero-order chi connectivity index (χ0) is 13.8. The Kier molecular flexibility index (Phi) is 5.28. The van der Waals surface area contributed by atoms with Crippen LogP contribution in [0.15, 0.2) is 11.6 Å². The Morgan fingerprint density at radius 2 is 1.94 bits per heavy atom. The Morgan fingerprint density at radius 3 is 2.39 bits per heavy atom. The van der Waals surface area contributed by atoms with Crippen LogP contribution in [0.3, 0.4) is 0 Å². The van der Waals surface area contributed by atoms with E-state index in [9.17, 15) is 9.59 Å². The van der Waals surface area contributed by atoms with Gasteiger partial charge in [-0.3, -0.25) is 9.59 Å². The summed E-state index contributed by atoms with van der Waals surface area (Å²) in [5, 5.41) is 8.72.